The number of amides is 2. The SMILES string of the molecule is O=C1CCCN1CC1CCCN(C(=O)c2cn[nH]c2)C1. The van der Waals surface area contributed by atoms with E-state index in [0.717, 1.165) is 45.4 Å². The summed E-state index contributed by atoms with van der Waals surface area (Å²) < 4.78 is 0. The third-order valence-corrected chi connectivity index (χ3v) is 4.20. The third-order valence-electron chi connectivity index (χ3n) is 4.20. The van der Waals surface area contributed by atoms with Crippen molar-refractivity contribution in [2.75, 3.05) is 26.2 Å². The lowest BCUT2D eigenvalue weighted by atomic mass is 9.97. The standard InChI is InChI=1S/C14H20N4O2/c19-13-4-2-5-17(13)9-11-3-1-6-18(10-11)14(20)12-7-15-16-8-12/h7-8,11H,1-6,9-10H2,(H,15,16). The Morgan fingerprint density at radius 1 is 1.40 bits per heavy atom. The maximum Gasteiger partial charge on any atom is 0.257 e. The van der Waals surface area contributed by atoms with Gasteiger partial charge in [-0.15, -0.1) is 0 Å². The van der Waals surface area contributed by atoms with E-state index in [1.54, 1.807) is 12.4 Å². The molecule has 0 spiro atoms. The van der Waals surface area contributed by atoms with Crippen LogP contribution in [0.4, 0.5) is 0 Å². The van der Waals surface area contributed by atoms with Crippen LogP contribution >= 0.6 is 0 Å². The lowest BCUT2D eigenvalue weighted by molar-refractivity contribution is -0.128. The van der Waals surface area contributed by atoms with Crippen LogP contribution < -0.4 is 0 Å². The highest BCUT2D eigenvalue weighted by molar-refractivity contribution is 5.93. The zero-order chi connectivity index (χ0) is 13.9. The first-order valence-corrected chi connectivity index (χ1v) is 7.30. The molecule has 1 unspecified atom stereocenters. The summed E-state index contributed by atoms with van der Waals surface area (Å²) in [4.78, 5) is 27.8. The second kappa shape index (κ2) is 5.64. The average Bonchev–Trinajstić information content (AvgIpc) is 3.11. The van der Waals surface area contributed by atoms with Crippen molar-refractivity contribution in [2.24, 2.45) is 5.92 Å². The number of likely N-dealkylation sites (tertiary alicyclic amines) is 2. The molecule has 2 aliphatic heterocycles. The Kier molecular flexibility index (Phi) is 3.71. The van der Waals surface area contributed by atoms with Crippen molar-refractivity contribution < 1.29 is 9.59 Å². The van der Waals surface area contributed by atoms with Gasteiger partial charge in [0, 0.05) is 38.8 Å². The van der Waals surface area contributed by atoms with Gasteiger partial charge in [-0.2, -0.15) is 5.10 Å². The summed E-state index contributed by atoms with van der Waals surface area (Å²) in [5.41, 5.74) is 0.614. The van der Waals surface area contributed by atoms with E-state index in [-0.39, 0.29) is 11.8 Å². The summed E-state index contributed by atoms with van der Waals surface area (Å²) in [6.45, 7) is 3.22. The molecular formula is C14H20N4O2. The van der Waals surface area contributed by atoms with Gasteiger partial charge in [-0.1, -0.05) is 0 Å². The molecule has 1 atom stereocenters. The minimum Gasteiger partial charge on any atom is -0.342 e. The molecular weight excluding hydrogens is 256 g/mol. The van der Waals surface area contributed by atoms with Gasteiger partial charge in [-0.05, 0) is 25.2 Å². The molecule has 0 bridgehead atoms. The highest BCUT2D eigenvalue weighted by Gasteiger charge is 2.29. The number of carbonyl (C=O) groups is 2. The van der Waals surface area contributed by atoms with Gasteiger partial charge in [0.05, 0.1) is 11.8 Å². The molecule has 1 aromatic rings. The van der Waals surface area contributed by atoms with Crippen LogP contribution in [0.15, 0.2) is 12.4 Å². The van der Waals surface area contributed by atoms with Crippen molar-refractivity contribution in [3.63, 3.8) is 0 Å². The minimum absolute atomic E-state index is 0.0381. The van der Waals surface area contributed by atoms with Gasteiger partial charge >= 0.3 is 0 Å². The zero-order valence-electron chi connectivity index (χ0n) is 11.5. The molecule has 2 amide bonds. The van der Waals surface area contributed by atoms with Crippen LogP contribution in [0.5, 0.6) is 0 Å². The molecule has 20 heavy (non-hydrogen) atoms. The fraction of sp³-hybridized carbons (Fsp3) is 0.643. The number of nitrogens with zero attached hydrogens (tertiary/aromatic N) is 3. The number of aromatic nitrogens is 2. The van der Waals surface area contributed by atoms with E-state index in [1.165, 1.54) is 0 Å². The largest absolute Gasteiger partial charge is 0.342 e. The Morgan fingerprint density at radius 2 is 2.30 bits per heavy atom. The maximum atomic E-state index is 12.3. The number of aromatic amines is 1. The van der Waals surface area contributed by atoms with Crippen LogP contribution in [0.2, 0.25) is 0 Å². The lowest BCUT2D eigenvalue weighted by Gasteiger charge is -2.34. The monoisotopic (exact) mass is 276 g/mol. The number of H-pyrrole nitrogens is 1. The van der Waals surface area contributed by atoms with Gasteiger partial charge in [-0.25, -0.2) is 0 Å². The van der Waals surface area contributed by atoms with Gasteiger partial charge in [0.2, 0.25) is 5.91 Å². The molecule has 2 fully saturated rings. The van der Waals surface area contributed by atoms with Crippen LogP contribution in [0.1, 0.15) is 36.0 Å². The van der Waals surface area contributed by atoms with Gasteiger partial charge in [-0.3, -0.25) is 14.7 Å². The van der Waals surface area contributed by atoms with Crippen LogP contribution in [-0.2, 0) is 4.79 Å². The Hall–Kier alpha value is -1.85. The first-order valence-electron chi connectivity index (χ1n) is 7.30. The molecule has 2 saturated heterocycles. The smallest absolute Gasteiger partial charge is 0.257 e. The van der Waals surface area contributed by atoms with Crippen molar-refractivity contribution in [1.29, 1.82) is 0 Å². The van der Waals surface area contributed by atoms with E-state index in [1.807, 2.05) is 9.80 Å². The van der Waals surface area contributed by atoms with E-state index >= 15 is 0 Å². The lowest BCUT2D eigenvalue weighted by Crippen LogP contribution is -2.44. The molecule has 0 radical (unpaired) electrons. The normalized spacial score (nSPS) is 23.4. The van der Waals surface area contributed by atoms with Crippen molar-refractivity contribution >= 4 is 11.8 Å². The Labute approximate surface area is 118 Å². The van der Waals surface area contributed by atoms with Crippen molar-refractivity contribution in [1.82, 2.24) is 20.0 Å². The van der Waals surface area contributed by atoms with Crippen molar-refractivity contribution in [2.45, 2.75) is 25.7 Å². The molecule has 1 aromatic heterocycles. The predicted molar refractivity (Wildman–Crippen MR) is 73.0 cm³/mol. The Morgan fingerprint density at radius 3 is 3.00 bits per heavy atom. The number of carbonyl (C=O) groups excluding carboxylic acids is 2. The van der Waals surface area contributed by atoms with E-state index in [9.17, 15) is 9.59 Å². The van der Waals surface area contributed by atoms with E-state index in [4.69, 9.17) is 0 Å². The number of hydrogen-bond donors (Lipinski definition) is 1. The quantitative estimate of drug-likeness (QED) is 0.891. The molecule has 3 heterocycles. The first kappa shape index (κ1) is 13.1. The summed E-state index contributed by atoms with van der Waals surface area (Å²) in [6, 6.07) is 0. The van der Waals surface area contributed by atoms with E-state index in [2.05, 4.69) is 10.2 Å². The Balaban J connectivity index is 1.59. The average molecular weight is 276 g/mol. The highest BCUT2D eigenvalue weighted by Crippen LogP contribution is 2.21. The van der Waals surface area contributed by atoms with Crippen molar-refractivity contribution in [3.8, 4) is 0 Å². The van der Waals surface area contributed by atoms with Gasteiger partial charge in [0.15, 0.2) is 0 Å². The molecule has 108 valence electrons. The number of piperidine rings is 1. The van der Waals surface area contributed by atoms with Crippen LogP contribution in [0.3, 0.4) is 0 Å². The van der Waals surface area contributed by atoms with Crippen LogP contribution in [0, 0.1) is 5.92 Å². The van der Waals surface area contributed by atoms with E-state index < -0.39 is 0 Å². The highest BCUT2D eigenvalue weighted by atomic mass is 16.2. The molecule has 6 heteroatoms. The van der Waals surface area contributed by atoms with Gasteiger partial charge in [0.25, 0.3) is 5.91 Å². The molecule has 0 saturated carbocycles. The molecule has 0 aliphatic carbocycles. The van der Waals surface area contributed by atoms with E-state index in [0.29, 0.717) is 17.9 Å². The number of rotatable bonds is 3. The predicted octanol–water partition coefficient (Wildman–Crippen LogP) is 0.884. The van der Waals surface area contributed by atoms with Crippen LogP contribution in [-0.4, -0.2) is 58.0 Å². The summed E-state index contributed by atoms with van der Waals surface area (Å²) in [5.74, 6) is 0.709. The molecule has 1 N–H and O–H groups in total. The summed E-state index contributed by atoms with van der Waals surface area (Å²) in [7, 11) is 0. The number of hydrogen-bond acceptors (Lipinski definition) is 3. The molecule has 0 aromatic carbocycles. The van der Waals surface area contributed by atoms with Gasteiger partial charge in [0.1, 0.15) is 0 Å². The van der Waals surface area contributed by atoms with Crippen molar-refractivity contribution in [3.05, 3.63) is 18.0 Å². The molecule has 2 aliphatic rings. The zero-order valence-corrected chi connectivity index (χ0v) is 11.5. The minimum atomic E-state index is 0.0381. The van der Waals surface area contributed by atoms with Crippen LogP contribution in [0.25, 0.3) is 0 Å². The number of nitrogens with one attached hydrogen (secondary N) is 1. The fourth-order valence-electron chi connectivity index (χ4n) is 3.16. The first-order chi connectivity index (χ1) is 9.74. The summed E-state index contributed by atoms with van der Waals surface area (Å²) in [5, 5.41) is 6.50. The fourth-order valence-corrected chi connectivity index (χ4v) is 3.16. The van der Waals surface area contributed by atoms with Gasteiger partial charge < -0.3 is 9.80 Å². The maximum absolute atomic E-state index is 12.3. The third kappa shape index (κ3) is 2.69. The second-order valence-corrected chi connectivity index (χ2v) is 5.69. The summed E-state index contributed by atoms with van der Waals surface area (Å²) in [6.07, 6.45) is 6.97. The second-order valence-electron chi connectivity index (χ2n) is 5.69. The topological polar surface area (TPSA) is 69.3 Å². The molecule has 3 rings (SSSR count). The molecule has 6 nitrogen and oxygen atoms in total. The summed E-state index contributed by atoms with van der Waals surface area (Å²) >= 11 is 0. The Bertz CT molecular complexity index is 485.